The standard InChI is InChI=1S/C14H18ClN3O2/c1-18(2)14(20)9-5-6-10(15)12(8-9)17-13(19)11-4-3-7-16-11/h5-6,8,11,16H,3-4,7H2,1-2H3,(H,17,19)/t11-/m1/s1. The number of halogens is 1. The Morgan fingerprint density at radius 1 is 1.40 bits per heavy atom. The Morgan fingerprint density at radius 2 is 2.15 bits per heavy atom. The van der Waals surface area contributed by atoms with Crippen LogP contribution < -0.4 is 10.6 Å². The number of nitrogens with one attached hydrogen (secondary N) is 2. The van der Waals surface area contributed by atoms with Crippen molar-refractivity contribution < 1.29 is 9.59 Å². The maximum atomic E-state index is 12.1. The highest BCUT2D eigenvalue weighted by Crippen LogP contribution is 2.24. The highest BCUT2D eigenvalue weighted by atomic mass is 35.5. The van der Waals surface area contributed by atoms with Crippen molar-refractivity contribution >= 4 is 29.1 Å². The van der Waals surface area contributed by atoms with Gasteiger partial charge >= 0.3 is 0 Å². The molecule has 1 aromatic rings. The first-order chi connectivity index (χ1) is 9.49. The molecular formula is C14H18ClN3O2. The number of nitrogens with zero attached hydrogens (tertiary/aromatic N) is 1. The molecule has 0 bridgehead atoms. The lowest BCUT2D eigenvalue weighted by Gasteiger charge is -2.15. The van der Waals surface area contributed by atoms with Crippen molar-refractivity contribution in [1.82, 2.24) is 10.2 Å². The maximum absolute atomic E-state index is 12.1. The monoisotopic (exact) mass is 295 g/mol. The van der Waals surface area contributed by atoms with Crippen molar-refractivity contribution in [3.05, 3.63) is 28.8 Å². The summed E-state index contributed by atoms with van der Waals surface area (Å²) in [5, 5.41) is 6.33. The molecule has 2 amide bonds. The van der Waals surface area contributed by atoms with Gasteiger partial charge in [0.25, 0.3) is 5.91 Å². The van der Waals surface area contributed by atoms with E-state index in [-0.39, 0.29) is 17.9 Å². The van der Waals surface area contributed by atoms with Gasteiger partial charge in [-0.1, -0.05) is 11.6 Å². The van der Waals surface area contributed by atoms with Gasteiger partial charge < -0.3 is 15.5 Å². The SMILES string of the molecule is CN(C)C(=O)c1ccc(Cl)c(NC(=O)[C@H]2CCCN2)c1. The molecule has 1 atom stereocenters. The van der Waals surface area contributed by atoms with Gasteiger partial charge in [-0.2, -0.15) is 0 Å². The molecule has 0 aromatic heterocycles. The van der Waals surface area contributed by atoms with Crippen LogP contribution in [0.5, 0.6) is 0 Å². The number of hydrogen-bond donors (Lipinski definition) is 2. The maximum Gasteiger partial charge on any atom is 0.253 e. The van der Waals surface area contributed by atoms with E-state index in [9.17, 15) is 9.59 Å². The van der Waals surface area contributed by atoms with Gasteiger partial charge in [-0.25, -0.2) is 0 Å². The molecule has 1 heterocycles. The fraction of sp³-hybridized carbons (Fsp3) is 0.429. The summed E-state index contributed by atoms with van der Waals surface area (Å²) in [6.45, 7) is 0.852. The summed E-state index contributed by atoms with van der Waals surface area (Å²) >= 11 is 6.07. The molecule has 0 unspecified atom stereocenters. The molecule has 1 fully saturated rings. The van der Waals surface area contributed by atoms with E-state index in [1.165, 1.54) is 4.90 Å². The first-order valence-electron chi connectivity index (χ1n) is 6.54. The summed E-state index contributed by atoms with van der Waals surface area (Å²) in [4.78, 5) is 25.4. The van der Waals surface area contributed by atoms with E-state index in [1.807, 2.05) is 0 Å². The second kappa shape index (κ2) is 6.24. The van der Waals surface area contributed by atoms with Crippen LogP contribution >= 0.6 is 11.6 Å². The fourth-order valence-corrected chi connectivity index (χ4v) is 2.31. The lowest BCUT2D eigenvalue weighted by atomic mass is 10.1. The molecule has 1 aliphatic heterocycles. The average molecular weight is 296 g/mol. The molecule has 1 aliphatic rings. The molecule has 0 saturated carbocycles. The third-order valence-electron chi connectivity index (χ3n) is 3.25. The molecule has 108 valence electrons. The number of carbonyl (C=O) groups excluding carboxylic acids is 2. The van der Waals surface area contributed by atoms with E-state index in [2.05, 4.69) is 10.6 Å². The van der Waals surface area contributed by atoms with E-state index in [0.29, 0.717) is 16.3 Å². The minimum Gasteiger partial charge on any atom is -0.345 e. The fourth-order valence-electron chi connectivity index (χ4n) is 2.14. The lowest BCUT2D eigenvalue weighted by Crippen LogP contribution is -2.35. The topological polar surface area (TPSA) is 61.4 Å². The summed E-state index contributed by atoms with van der Waals surface area (Å²) in [6.07, 6.45) is 1.81. The predicted octanol–water partition coefficient (Wildman–Crippen LogP) is 1.73. The summed E-state index contributed by atoms with van der Waals surface area (Å²) in [5.41, 5.74) is 0.965. The van der Waals surface area contributed by atoms with Gasteiger partial charge in [-0.05, 0) is 37.6 Å². The van der Waals surface area contributed by atoms with Crippen LogP contribution in [0.15, 0.2) is 18.2 Å². The van der Waals surface area contributed by atoms with E-state index < -0.39 is 0 Å². The van der Waals surface area contributed by atoms with E-state index in [0.717, 1.165) is 19.4 Å². The minimum absolute atomic E-state index is 0.112. The zero-order valence-corrected chi connectivity index (χ0v) is 12.3. The van der Waals surface area contributed by atoms with Crippen LogP contribution in [0.4, 0.5) is 5.69 Å². The van der Waals surface area contributed by atoms with Crippen LogP contribution in [-0.4, -0.2) is 43.4 Å². The van der Waals surface area contributed by atoms with Gasteiger partial charge in [-0.15, -0.1) is 0 Å². The number of hydrogen-bond acceptors (Lipinski definition) is 3. The first kappa shape index (κ1) is 14.8. The molecule has 0 spiro atoms. The van der Waals surface area contributed by atoms with Crippen LogP contribution in [0, 0.1) is 0 Å². The minimum atomic E-state index is -0.181. The summed E-state index contributed by atoms with van der Waals surface area (Å²) in [5.74, 6) is -0.241. The number of anilines is 1. The largest absolute Gasteiger partial charge is 0.345 e. The summed E-state index contributed by atoms with van der Waals surface area (Å²) in [6, 6.07) is 4.70. The molecule has 1 aromatic carbocycles. The smallest absolute Gasteiger partial charge is 0.253 e. The van der Waals surface area contributed by atoms with Crippen molar-refractivity contribution in [2.75, 3.05) is 26.0 Å². The van der Waals surface area contributed by atoms with E-state index in [4.69, 9.17) is 11.6 Å². The van der Waals surface area contributed by atoms with Gasteiger partial charge in [0.1, 0.15) is 0 Å². The molecule has 2 rings (SSSR count). The van der Waals surface area contributed by atoms with Crippen molar-refractivity contribution in [2.24, 2.45) is 0 Å². The van der Waals surface area contributed by atoms with Gasteiger partial charge in [-0.3, -0.25) is 9.59 Å². The average Bonchev–Trinajstić information content (AvgIpc) is 2.94. The molecule has 0 aliphatic carbocycles. The molecular weight excluding hydrogens is 278 g/mol. The van der Waals surface area contributed by atoms with Crippen LogP contribution in [0.3, 0.4) is 0 Å². The Balaban J connectivity index is 2.16. The number of amides is 2. The number of benzene rings is 1. The Hall–Kier alpha value is -1.59. The van der Waals surface area contributed by atoms with Gasteiger partial charge in [0.05, 0.1) is 16.8 Å². The molecule has 6 heteroatoms. The first-order valence-corrected chi connectivity index (χ1v) is 6.92. The molecule has 5 nitrogen and oxygen atoms in total. The van der Waals surface area contributed by atoms with Crippen molar-refractivity contribution in [3.8, 4) is 0 Å². The zero-order chi connectivity index (χ0) is 14.7. The Bertz CT molecular complexity index is 525. The van der Waals surface area contributed by atoms with Gasteiger partial charge in [0.2, 0.25) is 5.91 Å². The second-order valence-corrected chi connectivity index (χ2v) is 5.44. The van der Waals surface area contributed by atoms with Crippen LogP contribution in [0.2, 0.25) is 5.02 Å². The van der Waals surface area contributed by atoms with Crippen LogP contribution in [0.1, 0.15) is 23.2 Å². The van der Waals surface area contributed by atoms with E-state index in [1.54, 1.807) is 32.3 Å². The highest BCUT2D eigenvalue weighted by molar-refractivity contribution is 6.34. The second-order valence-electron chi connectivity index (χ2n) is 5.03. The van der Waals surface area contributed by atoms with Gasteiger partial charge in [0, 0.05) is 19.7 Å². The quantitative estimate of drug-likeness (QED) is 0.893. The zero-order valence-electron chi connectivity index (χ0n) is 11.6. The van der Waals surface area contributed by atoms with Crippen molar-refractivity contribution in [2.45, 2.75) is 18.9 Å². The molecule has 1 saturated heterocycles. The summed E-state index contributed by atoms with van der Waals surface area (Å²) < 4.78 is 0. The van der Waals surface area contributed by atoms with E-state index >= 15 is 0 Å². The normalized spacial score (nSPS) is 17.9. The van der Waals surface area contributed by atoms with Crippen LogP contribution in [-0.2, 0) is 4.79 Å². The van der Waals surface area contributed by atoms with Crippen molar-refractivity contribution in [1.29, 1.82) is 0 Å². The van der Waals surface area contributed by atoms with Crippen LogP contribution in [0.25, 0.3) is 0 Å². The third kappa shape index (κ3) is 3.29. The highest BCUT2D eigenvalue weighted by Gasteiger charge is 2.22. The third-order valence-corrected chi connectivity index (χ3v) is 3.58. The Labute approximate surface area is 123 Å². The Morgan fingerprint density at radius 3 is 2.75 bits per heavy atom. The van der Waals surface area contributed by atoms with Gasteiger partial charge in [0.15, 0.2) is 0 Å². The number of carbonyl (C=O) groups is 2. The molecule has 0 radical (unpaired) electrons. The Kier molecular flexibility index (Phi) is 4.62. The predicted molar refractivity (Wildman–Crippen MR) is 79.1 cm³/mol. The molecule has 2 N–H and O–H groups in total. The molecule has 20 heavy (non-hydrogen) atoms. The van der Waals surface area contributed by atoms with Crippen molar-refractivity contribution in [3.63, 3.8) is 0 Å². The summed E-state index contributed by atoms with van der Waals surface area (Å²) in [7, 11) is 3.36. The lowest BCUT2D eigenvalue weighted by molar-refractivity contribution is -0.117. The number of rotatable bonds is 3.